The molecule has 1 aliphatic rings. The van der Waals surface area contributed by atoms with Crippen LogP contribution in [0, 0.1) is 0 Å². The summed E-state index contributed by atoms with van der Waals surface area (Å²) in [4.78, 5) is 29.2. The molecule has 2 amide bonds. The number of nitrogens with one attached hydrogen (secondary N) is 2. The van der Waals surface area contributed by atoms with Crippen LogP contribution in [0.3, 0.4) is 0 Å². The monoisotopic (exact) mass is 353 g/mol. The van der Waals surface area contributed by atoms with E-state index in [1.165, 1.54) is 0 Å². The molecule has 2 rings (SSSR count). The average Bonchev–Trinajstić information content (AvgIpc) is 3.05. The minimum absolute atomic E-state index is 0.280. The van der Waals surface area contributed by atoms with Gasteiger partial charge < -0.3 is 20.2 Å². The smallest absolute Gasteiger partial charge is 0.264 e. The van der Waals surface area contributed by atoms with E-state index in [1.54, 1.807) is 26.2 Å². The number of hydrogen-bond acceptors (Lipinski definition) is 5. The highest BCUT2D eigenvalue weighted by molar-refractivity contribution is 6.30. The maximum absolute atomic E-state index is 12.2. The van der Waals surface area contributed by atoms with Gasteiger partial charge in [-0.1, -0.05) is 28.9 Å². The van der Waals surface area contributed by atoms with Crippen molar-refractivity contribution in [1.29, 1.82) is 0 Å². The van der Waals surface area contributed by atoms with E-state index >= 15 is 0 Å². The molecule has 0 bridgehead atoms. The Balaban J connectivity index is 1.82. The standard InChI is InChI=1S/C16H20ClN3O4/c1-10(15(21)18-7-8-23-2)19-16(22)14-9-13(20-24-14)11-3-5-12(17)6-4-11/h3-6,10,14H,7-9H2,1-2H3,(H,18,21)(H,19,22)/t10-,14+/m0/s1. The molecule has 0 radical (unpaired) electrons. The number of rotatable bonds is 7. The molecule has 8 heteroatoms. The van der Waals surface area contributed by atoms with Crippen LogP contribution in [0.25, 0.3) is 0 Å². The molecule has 7 nitrogen and oxygen atoms in total. The van der Waals surface area contributed by atoms with Gasteiger partial charge in [-0.15, -0.1) is 0 Å². The van der Waals surface area contributed by atoms with Gasteiger partial charge in [-0.2, -0.15) is 0 Å². The molecule has 2 N–H and O–H groups in total. The molecule has 1 aromatic carbocycles. The van der Waals surface area contributed by atoms with E-state index in [1.807, 2.05) is 12.1 Å². The third kappa shape index (κ3) is 4.94. The SMILES string of the molecule is COCCNC(=O)[C@H](C)NC(=O)[C@H]1CC(c2ccc(Cl)cc2)=NO1. The summed E-state index contributed by atoms with van der Waals surface area (Å²) in [7, 11) is 1.55. The lowest BCUT2D eigenvalue weighted by atomic mass is 10.0. The Morgan fingerprint density at radius 1 is 1.42 bits per heavy atom. The zero-order valence-electron chi connectivity index (χ0n) is 13.5. The lowest BCUT2D eigenvalue weighted by Gasteiger charge is -2.16. The van der Waals surface area contributed by atoms with Gasteiger partial charge in [-0.25, -0.2) is 0 Å². The Bertz CT molecular complexity index is 618. The molecule has 1 aromatic rings. The highest BCUT2D eigenvalue weighted by Gasteiger charge is 2.30. The maximum atomic E-state index is 12.2. The average molecular weight is 354 g/mol. The van der Waals surface area contributed by atoms with Crippen molar-refractivity contribution in [3.05, 3.63) is 34.9 Å². The van der Waals surface area contributed by atoms with E-state index in [-0.39, 0.29) is 11.8 Å². The third-order valence-electron chi connectivity index (χ3n) is 3.50. The predicted octanol–water partition coefficient (Wildman–Crippen LogP) is 1.10. The van der Waals surface area contributed by atoms with Crippen molar-refractivity contribution in [3.63, 3.8) is 0 Å². The van der Waals surface area contributed by atoms with Crippen molar-refractivity contribution in [2.45, 2.75) is 25.5 Å². The van der Waals surface area contributed by atoms with E-state index < -0.39 is 12.1 Å². The van der Waals surface area contributed by atoms with Crippen LogP contribution in [0.5, 0.6) is 0 Å². The van der Waals surface area contributed by atoms with Crippen LogP contribution in [0.2, 0.25) is 5.02 Å². The molecule has 0 saturated heterocycles. The van der Waals surface area contributed by atoms with E-state index in [0.29, 0.717) is 30.3 Å². The quantitative estimate of drug-likeness (QED) is 0.718. The second-order valence-electron chi connectivity index (χ2n) is 5.36. The van der Waals surface area contributed by atoms with Crippen molar-refractivity contribution in [2.75, 3.05) is 20.3 Å². The maximum Gasteiger partial charge on any atom is 0.264 e. The summed E-state index contributed by atoms with van der Waals surface area (Å²) in [6.45, 7) is 2.41. The van der Waals surface area contributed by atoms with Gasteiger partial charge in [0.05, 0.1) is 12.3 Å². The van der Waals surface area contributed by atoms with Gasteiger partial charge in [0.1, 0.15) is 6.04 Å². The molecule has 2 atom stereocenters. The summed E-state index contributed by atoms with van der Waals surface area (Å²) in [5.74, 6) is -0.658. The Morgan fingerprint density at radius 3 is 2.79 bits per heavy atom. The minimum atomic E-state index is -0.745. The summed E-state index contributed by atoms with van der Waals surface area (Å²) in [5.41, 5.74) is 1.52. The Labute approximate surface area is 145 Å². The highest BCUT2D eigenvalue weighted by atomic mass is 35.5. The summed E-state index contributed by atoms with van der Waals surface area (Å²) in [5, 5.41) is 9.85. The van der Waals surface area contributed by atoms with Gasteiger partial charge in [0, 0.05) is 25.1 Å². The Kier molecular flexibility index (Phi) is 6.57. The topological polar surface area (TPSA) is 89.0 Å². The first-order valence-corrected chi connectivity index (χ1v) is 7.94. The minimum Gasteiger partial charge on any atom is -0.383 e. The molecule has 0 spiro atoms. The molecule has 0 fully saturated rings. The van der Waals surface area contributed by atoms with Crippen molar-refractivity contribution >= 4 is 29.1 Å². The number of amides is 2. The van der Waals surface area contributed by atoms with E-state index in [4.69, 9.17) is 21.2 Å². The molecule has 0 saturated carbocycles. The number of methoxy groups -OCH3 is 1. The normalized spacial score (nSPS) is 17.6. The molecule has 0 aromatic heterocycles. The van der Waals surface area contributed by atoms with Gasteiger partial charge in [0.25, 0.3) is 5.91 Å². The van der Waals surface area contributed by atoms with Crippen molar-refractivity contribution in [3.8, 4) is 0 Å². The summed E-state index contributed by atoms with van der Waals surface area (Å²) in [6, 6.07) is 6.46. The second kappa shape index (κ2) is 8.65. The number of nitrogens with zero attached hydrogens (tertiary/aromatic N) is 1. The first kappa shape index (κ1) is 18.2. The molecule has 0 unspecified atom stereocenters. The van der Waals surface area contributed by atoms with E-state index in [9.17, 15) is 9.59 Å². The Morgan fingerprint density at radius 2 is 2.12 bits per heavy atom. The number of carbonyl (C=O) groups excluding carboxylic acids is 2. The van der Waals surface area contributed by atoms with Gasteiger partial charge in [0.15, 0.2) is 0 Å². The van der Waals surface area contributed by atoms with Crippen LogP contribution < -0.4 is 10.6 Å². The second-order valence-corrected chi connectivity index (χ2v) is 5.79. The predicted molar refractivity (Wildman–Crippen MR) is 90.0 cm³/mol. The van der Waals surface area contributed by atoms with Crippen molar-refractivity contribution in [1.82, 2.24) is 10.6 Å². The fourth-order valence-electron chi connectivity index (χ4n) is 2.13. The number of halogens is 1. The van der Waals surface area contributed by atoms with Gasteiger partial charge >= 0.3 is 0 Å². The third-order valence-corrected chi connectivity index (χ3v) is 3.75. The molecule has 24 heavy (non-hydrogen) atoms. The van der Waals surface area contributed by atoms with Crippen LogP contribution >= 0.6 is 11.6 Å². The first-order chi connectivity index (χ1) is 11.5. The number of ether oxygens (including phenoxy) is 1. The van der Waals surface area contributed by atoms with Gasteiger partial charge in [0.2, 0.25) is 12.0 Å². The fraction of sp³-hybridized carbons (Fsp3) is 0.438. The van der Waals surface area contributed by atoms with Crippen LogP contribution in [-0.2, 0) is 19.2 Å². The number of hydrogen-bond donors (Lipinski definition) is 2. The molecular formula is C16H20ClN3O4. The fourth-order valence-corrected chi connectivity index (χ4v) is 2.26. The Hall–Kier alpha value is -2.12. The summed E-state index contributed by atoms with van der Waals surface area (Å²) >= 11 is 5.85. The van der Waals surface area contributed by atoms with Crippen LogP contribution in [0.4, 0.5) is 0 Å². The van der Waals surface area contributed by atoms with Gasteiger partial charge in [-0.05, 0) is 24.6 Å². The van der Waals surface area contributed by atoms with Crippen LogP contribution in [0.15, 0.2) is 29.4 Å². The molecular weight excluding hydrogens is 334 g/mol. The van der Waals surface area contributed by atoms with Crippen molar-refractivity contribution < 1.29 is 19.2 Å². The largest absolute Gasteiger partial charge is 0.383 e. The molecule has 1 aliphatic heterocycles. The zero-order chi connectivity index (χ0) is 17.5. The number of oxime groups is 1. The number of carbonyl (C=O) groups is 2. The van der Waals surface area contributed by atoms with E-state index in [0.717, 1.165) is 5.56 Å². The molecule has 1 heterocycles. The zero-order valence-corrected chi connectivity index (χ0v) is 14.3. The van der Waals surface area contributed by atoms with Gasteiger partial charge in [-0.3, -0.25) is 9.59 Å². The summed E-state index contributed by atoms with van der Waals surface area (Å²) < 4.78 is 4.85. The highest BCUT2D eigenvalue weighted by Crippen LogP contribution is 2.18. The molecule has 0 aliphatic carbocycles. The number of benzene rings is 1. The van der Waals surface area contributed by atoms with Crippen molar-refractivity contribution in [2.24, 2.45) is 5.16 Å². The van der Waals surface area contributed by atoms with Crippen LogP contribution in [-0.4, -0.2) is 49.9 Å². The van der Waals surface area contributed by atoms with E-state index in [2.05, 4.69) is 15.8 Å². The lowest BCUT2D eigenvalue weighted by molar-refractivity contribution is -0.135. The first-order valence-electron chi connectivity index (χ1n) is 7.57. The molecule has 130 valence electrons. The lowest BCUT2D eigenvalue weighted by Crippen LogP contribution is -2.48. The summed E-state index contributed by atoms with van der Waals surface area (Å²) in [6.07, 6.45) is -0.407. The van der Waals surface area contributed by atoms with Crippen LogP contribution in [0.1, 0.15) is 18.9 Å².